The van der Waals surface area contributed by atoms with Crippen LogP contribution in [0.2, 0.25) is 0 Å². The number of hydrogen-bond acceptors (Lipinski definition) is 3. The van der Waals surface area contributed by atoms with E-state index in [1.165, 1.54) is 51.4 Å². The molecule has 0 aromatic rings. The van der Waals surface area contributed by atoms with Crippen LogP contribution < -0.4 is 0 Å². The Morgan fingerprint density at radius 1 is 0.629 bits per heavy atom. The van der Waals surface area contributed by atoms with E-state index in [0.29, 0.717) is 43.4 Å². The van der Waals surface area contributed by atoms with Crippen LogP contribution in [0, 0.1) is 17.8 Å². The SMILES string of the molecule is CCCCCCCCCCC/C=C/[N+](CCC(C)C(=O)O)(CCC(C)C(=O)O)CCC(C)C(=O)O. The summed E-state index contributed by atoms with van der Waals surface area (Å²) in [4.78, 5) is 34.2. The summed E-state index contributed by atoms with van der Waals surface area (Å²) in [5, 5.41) is 28.1. The summed E-state index contributed by atoms with van der Waals surface area (Å²) in [5.74, 6) is -4.06. The molecular weight excluding hydrogens is 446 g/mol. The first-order chi connectivity index (χ1) is 16.5. The lowest BCUT2D eigenvalue weighted by molar-refractivity contribution is -0.881. The zero-order valence-corrected chi connectivity index (χ0v) is 22.7. The van der Waals surface area contributed by atoms with Gasteiger partial charge in [-0.15, -0.1) is 0 Å². The summed E-state index contributed by atoms with van der Waals surface area (Å²) in [6.07, 6.45) is 17.9. The van der Waals surface area contributed by atoms with E-state index in [1.807, 2.05) is 0 Å². The van der Waals surface area contributed by atoms with Crippen LogP contribution in [0.15, 0.2) is 12.3 Å². The summed E-state index contributed by atoms with van der Waals surface area (Å²) in [5.41, 5.74) is 0. The van der Waals surface area contributed by atoms with Crippen LogP contribution in [-0.2, 0) is 14.4 Å². The van der Waals surface area contributed by atoms with Gasteiger partial charge < -0.3 is 15.3 Å². The average Bonchev–Trinajstić information content (AvgIpc) is 2.82. The molecule has 0 radical (unpaired) electrons. The maximum atomic E-state index is 11.4. The number of carbonyl (C=O) groups is 3. The highest BCUT2D eigenvalue weighted by molar-refractivity contribution is 5.70. The van der Waals surface area contributed by atoms with Crippen molar-refractivity contribution in [2.45, 2.75) is 111 Å². The Kier molecular flexibility index (Phi) is 18.3. The molecule has 7 nitrogen and oxygen atoms in total. The number of rotatable bonds is 23. The van der Waals surface area contributed by atoms with Gasteiger partial charge in [0.25, 0.3) is 0 Å². The second kappa shape index (κ2) is 19.3. The molecule has 7 heteroatoms. The summed E-state index contributed by atoms with van der Waals surface area (Å²) < 4.78 is 0.435. The standard InChI is InChI=1S/C28H51NO6/c1-5-6-7-8-9-10-11-12-13-14-15-19-29(20-16-23(2)26(30)31,21-17-24(3)27(32)33)22-18-25(4)28(34)35/h15,19,23-25H,5-14,16-18,20-22H2,1-4H3,(H2-,30,31,32,33,34,35)/p+1/b19-15+. The molecule has 0 aromatic carbocycles. The van der Waals surface area contributed by atoms with Gasteiger partial charge in [-0.3, -0.25) is 18.9 Å². The Bertz CT molecular complexity index is 573. The topological polar surface area (TPSA) is 112 Å². The fraction of sp³-hybridized carbons (Fsp3) is 0.821. The lowest BCUT2D eigenvalue weighted by Crippen LogP contribution is -2.47. The molecule has 0 amide bonds. The molecule has 0 aromatic heterocycles. The number of allylic oxidation sites excluding steroid dienone is 1. The predicted octanol–water partition coefficient (Wildman–Crippen LogP) is 6.57. The number of unbranched alkanes of at least 4 members (excludes halogenated alkanes) is 9. The van der Waals surface area contributed by atoms with Gasteiger partial charge in [-0.25, -0.2) is 0 Å². The van der Waals surface area contributed by atoms with Gasteiger partial charge in [-0.05, 0) is 18.9 Å². The van der Waals surface area contributed by atoms with Crippen molar-refractivity contribution in [1.29, 1.82) is 0 Å². The molecule has 0 saturated heterocycles. The quantitative estimate of drug-likeness (QED) is 0.108. The molecule has 0 aliphatic rings. The van der Waals surface area contributed by atoms with Crippen molar-refractivity contribution >= 4 is 17.9 Å². The molecule has 0 rings (SSSR count). The highest BCUT2D eigenvalue weighted by Crippen LogP contribution is 2.21. The number of carboxylic acids is 3. The van der Waals surface area contributed by atoms with Gasteiger partial charge in [-0.2, -0.15) is 0 Å². The summed E-state index contributed by atoms with van der Waals surface area (Å²) in [6, 6.07) is 0. The van der Waals surface area contributed by atoms with Crippen LogP contribution in [-0.4, -0.2) is 57.3 Å². The monoisotopic (exact) mass is 498 g/mol. The maximum Gasteiger partial charge on any atom is 0.306 e. The molecule has 35 heavy (non-hydrogen) atoms. The van der Waals surface area contributed by atoms with Crippen molar-refractivity contribution in [2.75, 3.05) is 19.6 Å². The van der Waals surface area contributed by atoms with Crippen LogP contribution in [0.5, 0.6) is 0 Å². The molecule has 0 saturated carbocycles. The third kappa shape index (κ3) is 16.4. The Hall–Kier alpha value is -1.89. The van der Waals surface area contributed by atoms with Crippen LogP contribution in [0.4, 0.5) is 0 Å². The minimum absolute atomic E-state index is 0.435. The lowest BCUT2D eigenvalue weighted by Gasteiger charge is -2.37. The third-order valence-electron chi connectivity index (χ3n) is 7.18. The molecule has 3 atom stereocenters. The molecular formula is C28H52NO6+. The van der Waals surface area contributed by atoms with Gasteiger partial charge in [0.2, 0.25) is 0 Å². The second-order valence-corrected chi connectivity index (χ2v) is 10.5. The lowest BCUT2D eigenvalue weighted by atomic mass is 10.0. The van der Waals surface area contributed by atoms with Gasteiger partial charge in [0, 0.05) is 19.3 Å². The van der Waals surface area contributed by atoms with Gasteiger partial charge in [0.15, 0.2) is 0 Å². The summed E-state index contributed by atoms with van der Waals surface area (Å²) in [7, 11) is 0. The highest BCUT2D eigenvalue weighted by Gasteiger charge is 2.30. The molecule has 3 unspecified atom stereocenters. The smallest absolute Gasteiger partial charge is 0.306 e. The van der Waals surface area contributed by atoms with E-state index in [1.54, 1.807) is 20.8 Å². The normalized spacial score (nSPS) is 16.0. The van der Waals surface area contributed by atoms with Gasteiger partial charge >= 0.3 is 17.9 Å². The minimum Gasteiger partial charge on any atom is -0.481 e. The second-order valence-electron chi connectivity index (χ2n) is 10.5. The van der Waals surface area contributed by atoms with Crippen molar-refractivity contribution < 1.29 is 34.2 Å². The maximum absolute atomic E-state index is 11.4. The van der Waals surface area contributed by atoms with Crippen molar-refractivity contribution in [3.05, 3.63) is 12.3 Å². The molecule has 0 bridgehead atoms. The summed E-state index contributed by atoms with van der Waals surface area (Å²) >= 11 is 0. The first kappa shape index (κ1) is 33.1. The fourth-order valence-corrected chi connectivity index (χ4v) is 4.15. The van der Waals surface area contributed by atoms with Crippen molar-refractivity contribution in [3.63, 3.8) is 0 Å². The van der Waals surface area contributed by atoms with Crippen LogP contribution in [0.1, 0.15) is 111 Å². The molecule has 0 aliphatic carbocycles. The molecule has 3 N–H and O–H groups in total. The zero-order valence-electron chi connectivity index (χ0n) is 22.7. The van der Waals surface area contributed by atoms with E-state index in [0.717, 1.165) is 12.8 Å². The van der Waals surface area contributed by atoms with E-state index in [9.17, 15) is 29.7 Å². The van der Waals surface area contributed by atoms with Gasteiger partial charge in [0.05, 0.1) is 43.6 Å². The number of quaternary nitrogens is 1. The Morgan fingerprint density at radius 2 is 0.971 bits per heavy atom. The Balaban J connectivity index is 5.13. The number of aliphatic carboxylic acids is 3. The van der Waals surface area contributed by atoms with Gasteiger partial charge in [0.1, 0.15) is 0 Å². The highest BCUT2D eigenvalue weighted by atomic mass is 16.4. The van der Waals surface area contributed by atoms with Crippen LogP contribution in [0.25, 0.3) is 0 Å². The Labute approximate surface area is 213 Å². The molecule has 0 spiro atoms. The van der Waals surface area contributed by atoms with Crippen molar-refractivity contribution in [3.8, 4) is 0 Å². The van der Waals surface area contributed by atoms with Crippen molar-refractivity contribution in [2.24, 2.45) is 17.8 Å². The first-order valence-electron chi connectivity index (χ1n) is 13.8. The van der Waals surface area contributed by atoms with E-state index >= 15 is 0 Å². The molecule has 0 fully saturated rings. The number of carboxylic acid groups (broad SMARTS) is 3. The van der Waals surface area contributed by atoms with Crippen LogP contribution >= 0.6 is 0 Å². The van der Waals surface area contributed by atoms with E-state index in [2.05, 4.69) is 19.2 Å². The third-order valence-corrected chi connectivity index (χ3v) is 7.18. The number of hydrogen-bond donors (Lipinski definition) is 3. The molecule has 0 aliphatic heterocycles. The van der Waals surface area contributed by atoms with E-state index in [-0.39, 0.29) is 0 Å². The van der Waals surface area contributed by atoms with E-state index < -0.39 is 35.7 Å². The van der Waals surface area contributed by atoms with Gasteiger partial charge in [-0.1, -0.05) is 79.1 Å². The average molecular weight is 499 g/mol. The largest absolute Gasteiger partial charge is 0.481 e. The fourth-order valence-electron chi connectivity index (χ4n) is 4.15. The van der Waals surface area contributed by atoms with E-state index in [4.69, 9.17) is 0 Å². The first-order valence-corrected chi connectivity index (χ1v) is 13.8. The molecule has 0 heterocycles. The predicted molar refractivity (Wildman–Crippen MR) is 140 cm³/mol. The summed E-state index contributed by atoms with van der Waals surface area (Å²) in [6.45, 7) is 8.95. The molecule has 204 valence electrons. The minimum atomic E-state index is -0.848. The van der Waals surface area contributed by atoms with Crippen molar-refractivity contribution in [1.82, 2.24) is 0 Å². The van der Waals surface area contributed by atoms with Crippen LogP contribution in [0.3, 0.4) is 0 Å². The number of nitrogens with zero attached hydrogens (tertiary/aromatic N) is 1. The Morgan fingerprint density at radius 3 is 1.31 bits per heavy atom. The zero-order chi connectivity index (χ0) is 26.7.